The normalized spacial score (nSPS) is 10.7. The Bertz CT molecular complexity index is 924. The lowest BCUT2D eigenvalue weighted by atomic mass is 10.1. The molecule has 0 aliphatic carbocycles. The van der Waals surface area contributed by atoms with Crippen LogP contribution in [-0.2, 0) is 4.79 Å². The molecular formula is C22H22N2O3. The fourth-order valence-corrected chi connectivity index (χ4v) is 2.48. The van der Waals surface area contributed by atoms with Crippen molar-refractivity contribution in [3.63, 3.8) is 0 Å². The molecule has 1 amide bonds. The number of rotatable bonds is 7. The number of benzene rings is 2. The maximum atomic E-state index is 12.6. The van der Waals surface area contributed by atoms with Gasteiger partial charge in [-0.3, -0.25) is 4.79 Å². The summed E-state index contributed by atoms with van der Waals surface area (Å²) >= 11 is 0. The summed E-state index contributed by atoms with van der Waals surface area (Å²) in [7, 11) is 1.56. The van der Waals surface area contributed by atoms with Crippen molar-refractivity contribution in [3.8, 4) is 17.6 Å². The van der Waals surface area contributed by atoms with E-state index in [1.54, 1.807) is 31.4 Å². The molecule has 0 saturated carbocycles. The first-order valence-corrected chi connectivity index (χ1v) is 8.40. The minimum atomic E-state index is -0.477. The van der Waals surface area contributed by atoms with Crippen molar-refractivity contribution in [3.05, 3.63) is 71.3 Å². The topological polar surface area (TPSA) is 71.3 Å². The summed E-state index contributed by atoms with van der Waals surface area (Å²) in [5.74, 6) is 0.640. The Hall–Kier alpha value is -3.52. The molecule has 0 aliphatic heterocycles. The van der Waals surface area contributed by atoms with Gasteiger partial charge >= 0.3 is 0 Å². The number of carbonyl (C=O) groups is 1. The van der Waals surface area contributed by atoms with Crippen molar-refractivity contribution in [2.75, 3.05) is 19.0 Å². The van der Waals surface area contributed by atoms with E-state index in [0.29, 0.717) is 29.4 Å². The summed E-state index contributed by atoms with van der Waals surface area (Å²) in [5.41, 5.74) is 3.28. The summed E-state index contributed by atoms with van der Waals surface area (Å²) < 4.78 is 10.8. The minimum Gasteiger partial charge on any atom is -0.497 e. The number of hydrogen-bond donors (Lipinski definition) is 1. The number of nitrogens with one attached hydrogen (secondary N) is 1. The predicted octanol–water partition coefficient (Wildman–Crippen LogP) is 4.42. The molecule has 0 heterocycles. The third kappa shape index (κ3) is 5.23. The second kappa shape index (κ2) is 9.25. The number of ether oxygens (including phenoxy) is 2. The van der Waals surface area contributed by atoms with E-state index in [-0.39, 0.29) is 5.57 Å². The van der Waals surface area contributed by atoms with Gasteiger partial charge in [0.2, 0.25) is 0 Å². The van der Waals surface area contributed by atoms with Crippen molar-refractivity contribution >= 4 is 17.7 Å². The number of anilines is 1. The van der Waals surface area contributed by atoms with Crippen molar-refractivity contribution < 1.29 is 14.3 Å². The van der Waals surface area contributed by atoms with E-state index in [4.69, 9.17) is 9.47 Å². The molecule has 0 atom stereocenters. The fraction of sp³-hybridized carbons (Fsp3) is 0.182. The van der Waals surface area contributed by atoms with E-state index in [1.807, 2.05) is 38.1 Å². The van der Waals surface area contributed by atoms with Crippen molar-refractivity contribution in [1.29, 1.82) is 5.26 Å². The molecule has 5 heteroatoms. The molecule has 5 nitrogen and oxygen atoms in total. The number of methoxy groups -OCH3 is 1. The molecule has 138 valence electrons. The van der Waals surface area contributed by atoms with Crippen LogP contribution in [0.1, 0.15) is 16.7 Å². The van der Waals surface area contributed by atoms with E-state index in [2.05, 4.69) is 11.9 Å². The van der Waals surface area contributed by atoms with Gasteiger partial charge < -0.3 is 14.8 Å². The van der Waals surface area contributed by atoms with E-state index in [9.17, 15) is 10.1 Å². The molecule has 0 aromatic heterocycles. The summed E-state index contributed by atoms with van der Waals surface area (Å²) in [6.45, 7) is 7.81. The Morgan fingerprint density at radius 3 is 2.67 bits per heavy atom. The molecule has 0 spiro atoms. The number of hydrogen-bond acceptors (Lipinski definition) is 4. The molecule has 0 unspecified atom stereocenters. The Morgan fingerprint density at radius 2 is 2.04 bits per heavy atom. The van der Waals surface area contributed by atoms with Crippen LogP contribution in [0.2, 0.25) is 0 Å². The Morgan fingerprint density at radius 1 is 1.26 bits per heavy atom. The monoisotopic (exact) mass is 362 g/mol. The largest absolute Gasteiger partial charge is 0.497 e. The SMILES string of the molecule is C=CCOc1cc(OC)ccc1/C=C(\C#N)C(=O)Nc1ccc(C)cc1C. The predicted molar refractivity (Wildman–Crippen MR) is 107 cm³/mol. The van der Waals surface area contributed by atoms with Gasteiger partial charge in [-0.25, -0.2) is 0 Å². The average molecular weight is 362 g/mol. The van der Waals surface area contributed by atoms with Gasteiger partial charge in [0.05, 0.1) is 7.11 Å². The van der Waals surface area contributed by atoms with Crippen LogP contribution >= 0.6 is 0 Å². The van der Waals surface area contributed by atoms with Crippen LogP contribution in [0, 0.1) is 25.2 Å². The van der Waals surface area contributed by atoms with Crippen LogP contribution in [0.25, 0.3) is 6.08 Å². The molecule has 2 aromatic carbocycles. The molecular weight excluding hydrogens is 340 g/mol. The third-order valence-electron chi connectivity index (χ3n) is 3.87. The van der Waals surface area contributed by atoms with Crippen molar-refractivity contribution in [2.45, 2.75) is 13.8 Å². The number of nitriles is 1. The van der Waals surface area contributed by atoms with Gasteiger partial charge in [-0.15, -0.1) is 0 Å². The lowest BCUT2D eigenvalue weighted by Gasteiger charge is -2.11. The Kier molecular flexibility index (Phi) is 6.79. The van der Waals surface area contributed by atoms with Crippen LogP contribution in [0.4, 0.5) is 5.69 Å². The van der Waals surface area contributed by atoms with E-state index in [0.717, 1.165) is 11.1 Å². The highest BCUT2D eigenvalue weighted by atomic mass is 16.5. The summed E-state index contributed by atoms with van der Waals surface area (Å²) in [6.07, 6.45) is 3.11. The van der Waals surface area contributed by atoms with Crippen LogP contribution in [0.3, 0.4) is 0 Å². The quantitative estimate of drug-likeness (QED) is 0.449. The molecule has 0 bridgehead atoms. The van der Waals surface area contributed by atoms with Gasteiger partial charge in [-0.1, -0.05) is 30.4 Å². The first-order chi connectivity index (χ1) is 13.0. The summed E-state index contributed by atoms with van der Waals surface area (Å²) in [4.78, 5) is 12.6. The molecule has 0 fully saturated rings. The zero-order valence-electron chi connectivity index (χ0n) is 15.7. The highest BCUT2D eigenvalue weighted by molar-refractivity contribution is 6.10. The molecule has 27 heavy (non-hydrogen) atoms. The molecule has 0 saturated heterocycles. The number of aryl methyl sites for hydroxylation is 2. The maximum absolute atomic E-state index is 12.6. The van der Waals surface area contributed by atoms with Gasteiger partial charge in [0.25, 0.3) is 5.91 Å². The lowest BCUT2D eigenvalue weighted by Crippen LogP contribution is -2.14. The van der Waals surface area contributed by atoms with E-state index in [1.165, 1.54) is 6.08 Å². The summed E-state index contributed by atoms with van der Waals surface area (Å²) in [6, 6.07) is 12.8. The third-order valence-corrected chi connectivity index (χ3v) is 3.87. The van der Waals surface area contributed by atoms with Gasteiger partial charge in [-0.2, -0.15) is 5.26 Å². The van der Waals surface area contributed by atoms with Gasteiger partial charge in [-0.05, 0) is 43.7 Å². The first kappa shape index (κ1) is 19.8. The molecule has 2 rings (SSSR count). The average Bonchev–Trinajstić information content (AvgIpc) is 2.66. The van der Waals surface area contributed by atoms with Crippen molar-refractivity contribution in [1.82, 2.24) is 0 Å². The van der Waals surface area contributed by atoms with Crippen LogP contribution in [0.15, 0.2) is 54.6 Å². The lowest BCUT2D eigenvalue weighted by molar-refractivity contribution is -0.112. The van der Waals surface area contributed by atoms with Gasteiger partial charge in [0, 0.05) is 17.3 Å². The summed E-state index contributed by atoms with van der Waals surface area (Å²) in [5, 5.41) is 12.2. The standard InChI is InChI=1S/C22H22N2O3/c1-5-10-27-21-13-19(26-4)8-7-17(21)12-18(14-23)22(25)24-20-9-6-15(2)11-16(20)3/h5-9,11-13H,1,10H2,2-4H3,(H,24,25)/b18-12+. The minimum absolute atomic E-state index is 0.0244. The number of carbonyl (C=O) groups excluding carboxylic acids is 1. The maximum Gasteiger partial charge on any atom is 0.266 e. The smallest absolute Gasteiger partial charge is 0.266 e. The zero-order chi connectivity index (χ0) is 19.8. The number of nitrogens with zero attached hydrogens (tertiary/aromatic N) is 1. The molecule has 1 N–H and O–H groups in total. The highest BCUT2D eigenvalue weighted by Gasteiger charge is 2.13. The first-order valence-electron chi connectivity index (χ1n) is 8.40. The van der Waals surface area contributed by atoms with Gasteiger partial charge in [0.1, 0.15) is 29.7 Å². The molecule has 0 aliphatic rings. The molecule has 2 aromatic rings. The zero-order valence-corrected chi connectivity index (χ0v) is 15.7. The second-order valence-corrected chi connectivity index (χ2v) is 5.95. The Labute approximate surface area is 159 Å². The Balaban J connectivity index is 2.32. The van der Waals surface area contributed by atoms with Crippen LogP contribution < -0.4 is 14.8 Å². The van der Waals surface area contributed by atoms with E-state index >= 15 is 0 Å². The fourth-order valence-electron chi connectivity index (χ4n) is 2.48. The van der Waals surface area contributed by atoms with Gasteiger partial charge in [0.15, 0.2) is 0 Å². The van der Waals surface area contributed by atoms with Crippen molar-refractivity contribution in [2.24, 2.45) is 0 Å². The second-order valence-electron chi connectivity index (χ2n) is 5.95. The molecule has 0 radical (unpaired) electrons. The highest BCUT2D eigenvalue weighted by Crippen LogP contribution is 2.27. The van der Waals surface area contributed by atoms with Crippen LogP contribution in [0.5, 0.6) is 11.5 Å². The number of amides is 1. The van der Waals surface area contributed by atoms with E-state index < -0.39 is 5.91 Å². The van der Waals surface area contributed by atoms with Crippen LogP contribution in [-0.4, -0.2) is 19.6 Å².